The van der Waals surface area contributed by atoms with Crippen molar-refractivity contribution in [3.05, 3.63) is 48.3 Å². The zero-order valence-electron chi connectivity index (χ0n) is 13.9. The van der Waals surface area contributed by atoms with Gasteiger partial charge in [0.15, 0.2) is 11.5 Å². The Kier molecular flexibility index (Phi) is 5.01. The van der Waals surface area contributed by atoms with Gasteiger partial charge in [0.1, 0.15) is 12.1 Å². The molecule has 8 heteroatoms. The van der Waals surface area contributed by atoms with Gasteiger partial charge >= 0.3 is 7.12 Å². The van der Waals surface area contributed by atoms with Gasteiger partial charge in [-0.3, -0.25) is 0 Å². The smallest absolute Gasteiger partial charge is 0.488 e. The average molecular weight is 339 g/mol. The molecule has 0 amide bonds. The molecule has 1 aromatic heterocycles. The van der Waals surface area contributed by atoms with E-state index in [0.29, 0.717) is 29.3 Å². The van der Waals surface area contributed by atoms with Crippen LogP contribution in [0.1, 0.15) is 5.56 Å². The average Bonchev–Trinajstić information content (AvgIpc) is 2.65. The van der Waals surface area contributed by atoms with Crippen LogP contribution in [0, 0.1) is 0 Å². The van der Waals surface area contributed by atoms with Crippen molar-refractivity contribution >= 4 is 29.3 Å². The topological polar surface area (TPSA) is 96.7 Å². The first kappa shape index (κ1) is 17.0. The lowest BCUT2D eigenvalue weighted by atomic mass is 9.80. The number of rotatable bonds is 6. The van der Waals surface area contributed by atoms with Crippen LogP contribution >= 0.6 is 0 Å². The van der Waals surface area contributed by atoms with Gasteiger partial charge < -0.3 is 24.8 Å². The third kappa shape index (κ3) is 3.65. The third-order valence-corrected chi connectivity index (χ3v) is 3.85. The molecule has 0 aliphatic carbocycles. The van der Waals surface area contributed by atoms with Crippen LogP contribution in [0.2, 0.25) is 0 Å². The summed E-state index contributed by atoms with van der Waals surface area (Å²) >= 11 is 0. The summed E-state index contributed by atoms with van der Waals surface area (Å²) in [6.45, 7) is 0.473. The predicted octanol–water partition coefficient (Wildman–Crippen LogP) is 0.939. The number of ether oxygens (including phenoxy) is 2. The number of fused-ring (bicyclic) bond motifs is 1. The molecule has 0 unspecified atom stereocenters. The maximum Gasteiger partial charge on any atom is 0.488 e. The summed E-state index contributed by atoms with van der Waals surface area (Å²) in [6.07, 6.45) is 1.48. The van der Waals surface area contributed by atoms with E-state index in [-0.39, 0.29) is 0 Å². The van der Waals surface area contributed by atoms with Crippen molar-refractivity contribution < 1.29 is 19.5 Å². The first-order chi connectivity index (χ1) is 12.1. The molecule has 3 rings (SSSR count). The molecule has 0 aliphatic heterocycles. The quantitative estimate of drug-likeness (QED) is 0.575. The molecular weight excluding hydrogens is 321 g/mol. The van der Waals surface area contributed by atoms with Gasteiger partial charge in [-0.25, -0.2) is 9.97 Å². The molecule has 1 heterocycles. The lowest BCUT2D eigenvalue weighted by Gasteiger charge is -2.12. The number of hydrogen-bond acceptors (Lipinski definition) is 7. The number of nitrogens with zero attached hydrogens (tertiary/aromatic N) is 2. The summed E-state index contributed by atoms with van der Waals surface area (Å²) in [4.78, 5) is 8.56. The van der Waals surface area contributed by atoms with Gasteiger partial charge in [-0.1, -0.05) is 24.3 Å². The minimum atomic E-state index is -1.49. The van der Waals surface area contributed by atoms with Gasteiger partial charge in [0.25, 0.3) is 0 Å². The normalized spacial score (nSPS) is 10.6. The molecule has 128 valence electrons. The van der Waals surface area contributed by atoms with Crippen molar-refractivity contribution in [3.8, 4) is 11.5 Å². The second-order valence-corrected chi connectivity index (χ2v) is 5.42. The van der Waals surface area contributed by atoms with E-state index in [1.807, 2.05) is 12.1 Å². The van der Waals surface area contributed by atoms with Crippen molar-refractivity contribution in [1.82, 2.24) is 9.97 Å². The molecule has 2 aromatic carbocycles. The Morgan fingerprint density at radius 1 is 1.04 bits per heavy atom. The van der Waals surface area contributed by atoms with Gasteiger partial charge in [0.2, 0.25) is 0 Å². The third-order valence-electron chi connectivity index (χ3n) is 3.85. The van der Waals surface area contributed by atoms with Crippen LogP contribution < -0.4 is 20.3 Å². The van der Waals surface area contributed by atoms with Crippen molar-refractivity contribution in [2.24, 2.45) is 0 Å². The molecule has 0 spiro atoms. The Morgan fingerprint density at radius 2 is 1.80 bits per heavy atom. The Balaban J connectivity index is 1.90. The van der Waals surface area contributed by atoms with Crippen LogP contribution in [-0.4, -0.2) is 41.4 Å². The van der Waals surface area contributed by atoms with Crippen molar-refractivity contribution in [2.45, 2.75) is 6.54 Å². The van der Waals surface area contributed by atoms with Gasteiger partial charge in [0, 0.05) is 18.0 Å². The molecule has 3 aromatic rings. The van der Waals surface area contributed by atoms with E-state index in [4.69, 9.17) is 9.47 Å². The summed E-state index contributed by atoms with van der Waals surface area (Å²) in [7, 11) is 1.66. The molecule has 7 nitrogen and oxygen atoms in total. The number of benzene rings is 2. The van der Waals surface area contributed by atoms with E-state index < -0.39 is 7.12 Å². The Hall–Kier alpha value is -2.84. The fourth-order valence-electron chi connectivity index (χ4n) is 2.57. The highest BCUT2D eigenvalue weighted by Crippen LogP contribution is 2.33. The Labute approximate surface area is 145 Å². The minimum absolute atomic E-state index is 0.443. The molecule has 0 atom stereocenters. The molecule has 0 aliphatic rings. The molecular formula is C17H18BN3O4. The minimum Gasteiger partial charge on any atom is -0.493 e. The van der Waals surface area contributed by atoms with E-state index in [9.17, 15) is 10.0 Å². The highest BCUT2D eigenvalue weighted by atomic mass is 16.5. The van der Waals surface area contributed by atoms with E-state index in [2.05, 4.69) is 15.3 Å². The standard InChI is InChI=1S/C17H18BN3O4/c1-24-15-7-13-14(8-16(15)25-2)20-10-21-17(13)19-9-11-4-3-5-12(6-11)18(22)23/h3-8,10,22-23H,9H2,1-2H3,(H,19,20,21). The van der Waals surface area contributed by atoms with Crippen molar-refractivity contribution in [3.63, 3.8) is 0 Å². The van der Waals surface area contributed by atoms with Crippen LogP contribution in [0.4, 0.5) is 5.82 Å². The summed E-state index contributed by atoms with van der Waals surface area (Å²) < 4.78 is 10.6. The molecule has 0 radical (unpaired) electrons. The second-order valence-electron chi connectivity index (χ2n) is 5.42. The lowest BCUT2D eigenvalue weighted by molar-refractivity contribution is 0.356. The number of aromatic nitrogens is 2. The fourth-order valence-corrected chi connectivity index (χ4v) is 2.57. The number of hydrogen-bond donors (Lipinski definition) is 3. The van der Waals surface area contributed by atoms with Gasteiger partial charge in [-0.15, -0.1) is 0 Å². The first-order valence-corrected chi connectivity index (χ1v) is 7.68. The summed E-state index contributed by atoms with van der Waals surface area (Å²) in [5.41, 5.74) is 2.07. The zero-order valence-corrected chi connectivity index (χ0v) is 13.9. The van der Waals surface area contributed by atoms with E-state index >= 15 is 0 Å². The highest BCUT2D eigenvalue weighted by molar-refractivity contribution is 6.58. The lowest BCUT2D eigenvalue weighted by Crippen LogP contribution is -2.30. The van der Waals surface area contributed by atoms with Crippen LogP contribution in [0.5, 0.6) is 11.5 Å². The maximum atomic E-state index is 9.27. The van der Waals surface area contributed by atoms with Crippen LogP contribution in [0.3, 0.4) is 0 Å². The number of anilines is 1. The van der Waals surface area contributed by atoms with Crippen molar-refractivity contribution in [2.75, 3.05) is 19.5 Å². The molecule has 0 bridgehead atoms. The second kappa shape index (κ2) is 7.37. The van der Waals surface area contributed by atoms with Crippen molar-refractivity contribution in [1.29, 1.82) is 0 Å². The van der Waals surface area contributed by atoms with E-state index in [1.54, 1.807) is 38.5 Å². The summed E-state index contributed by atoms with van der Waals surface area (Å²) in [5.74, 6) is 1.85. The molecule has 3 N–H and O–H groups in total. The largest absolute Gasteiger partial charge is 0.493 e. The van der Waals surface area contributed by atoms with E-state index in [1.165, 1.54) is 6.33 Å². The molecule has 0 saturated carbocycles. The van der Waals surface area contributed by atoms with Gasteiger partial charge in [-0.05, 0) is 17.1 Å². The number of methoxy groups -OCH3 is 2. The summed E-state index contributed by atoms with van der Waals surface area (Å²) in [5, 5.41) is 22.6. The van der Waals surface area contributed by atoms with Crippen LogP contribution in [0.25, 0.3) is 10.9 Å². The molecule has 0 saturated heterocycles. The molecule has 0 fully saturated rings. The van der Waals surface area contributed by atoms with Gasteiger partial charge in [0.05, 0.1) is 19.7 Å². The van der Waals surface area contributed by atoms with Crippen LogP contribution in [-0.2, 0) is 6.54 Å². The van der Waals surface area contributed by atoms with Gasteiger partial charge in [-0.2, -0.15) is 0 Å². The SMILES string of the molecule is COc1cc2ncnc(NCc3cccc(B(O)O)c3)c2cc1OC. The van der Waals surface area contributed by atoms with E-state index in [0.717, 1.165) is 16.5 Å². The molecule has 25 heavy (non-hydrogen) atoms. The number of nitrogens with one attached hydrogen (secondary N) is 1. The zero-order chi connectivity index (χ0) is 17.8. The monoisotopic (exact) mass is 339 g/mol. The summed E-state index contributed by atoms with van der Waals surface area (Å²) in [6, 6.07) is 10.7. The maximum absolute atomic E-state index is 9.27. The first-order valence-electron chi connectivity index (χ1n) is 7.68. The fraction of sp³-hybridized carbons (Fsp3) is 0.176. The Morgan fingerprint density at radius 3 is 2.52 bits per heavy atom. The predicted molar refractivity (Wildman–Crippen MR) is 96.2 cm³/mol. The van der Waals surface area contributed by atoms with Crippen LogP contribution in [0.15, 0.2) is 42.7 Å². The highest BCUT2D eigenvalue weighted by Gasteiger charge is 2.12. The Bertz CT molecular complexity index is 889.